The van der Waals surface area contributed by atoms with Crippen LogP contribution in [0.2, 0.25) is 0 Å². The van der Waals surface area contributed by atoms with Gasteiger partial charge in [0.1, 0.15) is 4.83 Å². The highest BCUT2D eigenvalue weighted by Crippen LogP contribution is 2.34. The highest BCUT2D eigenvalue weighted by molar-refractivity contribution is 7.99. The standard InChI is InChI=1S/C21H16N4O2S3/c1-2-25-20(27)18-15(16-7-4-8-28-16)11-29-19(18)24-21(25)30-12-17(26)23-14-6-3-5-13(9-14)10-22/h3-9,11H,2,12H2,1H3,(H,23,26). The molecule has 0 fully saturated rings. The number of aromatic nitrogens is 2. The largest absolute Gasteiger partial charge is 0.325 e. The molecule has 4 aromatic rings. The first kappa shape index (κ1) is 20.3. The molecule has 150 valence electrons. The average Bonchev–Trinajstić information content (AvgIpc) is 3.42. The zero-order valence-corrected chi connectivity index (χ0v) is 18.4. The van der Waals surface area contributed by atoms with Crippen LogP contribution in [0.1, 0.15) is 12.5 Å². The number of nitrogens with zero attached hydrogens (tertiary/aromatic N) is 3. The highest BCUT2D eigenvalue weighted by Gasteiger charge is 2.18. The molecule has 0 bridgehead atoms. The molecule has 30 heavy (non-hydrogen) atoms. The number of thiophene rings is 2. The fourth-order valence-electron chi connectivity index (χ4n) is 3.00. The van der Waals surface area contributed by atoms with E-state index in [0.717, 1.165) is 10.4 Å². The smallest absolute Gasteiger partial charge is 0.263 e. The molecule has 3 heterocycles. The Morgan fingerprint density at radius 1 is 1.30 bits per heavy atom. The van der Waals surface area contributed by atoms with E-state index in [1.165, 1.54) is 23.1 Å². The zero-order chi connectivity index (χ0) is 21.1. The molecular weight excluding hydrogens is 436 g/mol. The Kier molecular flexibility index (Phi) is 5.99. The van der Waals surface area contributed by atoms with Gasteiger partial charge in [-0.15, -0.1) is 22.7 Å². The van der Waals surface area contributed by atoms with Gasteiger partial charge in [0, 0.05) is 28.1 Å². The second kappa shape index (κ2) is 8.83. The van der Waals surface area contributed by atoms with Crippen molar-refractivity contribution in [3.63, 3.8) is 0 Å². The van der Waals surface area contributed by atoms with Gasteiger partial charge < -0.3 is 5.32 Å². The first-order valence-corrected chi connectivity index (χ1v) is 11.8. The van der Waals surface area contributed by atoms with Crippen LogP contribution in [0.3, 0.4) is 0 Å². The maximum absolute atomic E-state index is 13.2. The minimum Gasteiger partial charge on any atom is -0.325 e. The van der Waals surface area contributed by atoms with E-state index in [-0.39, 0.29) is 17.2 Å². The Hall–Kier alpha value is -2.93. The third-order valence-electron chi connectivity index (χ3n) is 4.37. The molecule has 3 aromatic heterocycles. The van der Waals surface area contributed by atoms with Crippen molar-refractivity contribution in [3.8, 4) is 16.5 Å². The molecule has 0 aliphatic rings. The minimum absolute atomic E-state index is 0.0863. The molecule has 0 unspecified atom stereocenters. The summed E-state index contributed by atoms with van der Waals surface area (Å²) in [6, 6.07) is 12.7. The predicted molar refractivity (Wildman–Crippen MR) is 123 cm³/mol. The lowest BCUT2D eigenvalue weighted by atomic mass is 10.2. The molecule has 0 aliphatic heterocycles. The maximum atomic E-state index is 13.2. The van der Waals surface area contributed by atoms with Crippen molar-refractivity contribution >= 4 is 56.2 Å². The maximum Gasteiger partial charge on any atom is 0.263 e. The number of amides is 1. The normalized spacial score (nSPS) is 10.8. The van der Waals surface area contributed by atoms with Crippen molar-refractivity contribution in [2.24, 2.45) is 0 Å². The van der Waals surface area contributed by atoms with Crippen molar-refractivity contribution in [1.82, 2.24) is 9.55 Å². The third-order valence-corrected chi connectivity index (χ3v) is 7.12. The molecule has 6 nitrogen and oxygen atoms in total. The number of hydrogen-bond donors (Lipinski definition) is 1. The summed E-state index contributed by atoms with van der Waals surface area (Å²) in [4.78, 5) is 31.9. The van der Waals surface area contributed by atoms with Gasteiger partial charge in [0.15, 0.2) is 5.16 Å². The van der Waals surface area contributed by atoms with E-state index in [4.69, 9.17) is 5.26 Å². The minimum atomic E-state index is -0.224. The van der Waals surface area contributed by atoms with Gasteiger partial charge in [0.25, 0.3) is 5.56 Å². The molecular formula is C21H16N4O2S3. The molecule has 0 saturated carbocycles. The summed E-state index contributed by atoms with van der Waals surface area (Å²) in [6.07, 6.45) is 0. The summed E-state index contributed by atoms with van der Waals surface area (Å²) in [5.41, 5.74) is 1.87. The summed E-state index contributed by atoms with van der Waals surface area (Å²) in [7, 11) is 0. The summed E-state index contributed by atoms with van der Waals surface area (Å²) < 4.78 is 1.61. The fourth-order valence-corrected chi connectivity index (χ4v) is 5.67. The van der Waals surface area contributed by atoms with Crippen molar-refractivity contribution in [2.45, 2.75) is 18.6 Å². The lowest BCUT2D eigenvalue weighted by Gasteiger charge is -2.10. The van der Waals surface area contributed by atoms with Crippen LogP contribution in [0.4, 0.5) is 5.69 Å². The van der Waals surface area contributed by atoms with E-state index in [9.17, 15) is 9.59 Å². The average molecular weight is 453 g/mol. The second-order valence-corrected chi connectivity index (χ2v) is 9.03. The number of nitrogens with one attached hydrogen (secondary N) is 1. The molecule has 0 atom stereocenters. The number of fused-ring (bicyclic) bond motifs is 1. The number of anilines is 1. The van der Waals surface area contributed by atoms with Gasteiger partial charge in [-0.05, 0) is 36.6 Å². The Balaban J connectivity index is 1.58. The number of carbonyl (C=O) groups is 1. The summed E-state index contributed by atoms with van der Waals surface area (Å²) in [5.74, 6) is -0.115. The number of hydrogen-bond acceptors (Lipinski definition) is 7. The molecule has 9 heteroatoms. The molecule has 1 amide bonds. The van der Waals surface area contributed by atoms with Crippen LogP contribution < -0.4 is 10.9 Å². The van der Waals surface area contributed by atoms with Gasteiger partial charge in [-0.1, -0.05) is 23.9 Å². The van der Waals surface area contributed by atoms with E-state index in [2.05, 4.69) is 10.3 Å². The number of carbonyl (C=O) groups excluding carboxylic acids is 1. The SMILES string of the molecule is CCn1c(SCC(=O)Nc2cccc(C#N)c2)nc2scc(-c3cccs3)c2c1=O. The lowest BCUT2D eigenvalue weighted by molar-refractivity contribution is -0.113. The lowest BCUT2D eigenvalue weighted by Crippen LogP contribution is -2.23. The molecule has 4 rings (SSSR count). The molecule has 0 saturated heterocycles. The van der Waals surface area contributed by atoms with E-state index >= 15 is 0 Å². The fraction of sp³-hybridized carbons (Fsp3) is 0.143. The van der Waals surface area contributed by atoms with Crippen LogP contribution in [0.15, 0.2) is 57.1 Å². The third kappa shape index (κ3) is 4.03. The number of rotatable bonds is 6. The zero-order valence-electron chi connectivity index (χ0n) is 15.9. The Morgan fingerprint density at radius 3 is 2.90 bits per heavy atom. The molecule has 1 aromatic carbocycles. The quantitative estimate of drug-likeness (QED) is 0.335. The predicted octanol–water partition coefficient (Wildman–Crippen LogP) is 4.81. The van der Waals surface area contributed by atoms with E-state index in [1.807, 2.05) is 35.9 Å². The van der Waals surface area contributed by atoms with Crippen LogP contribution in [0.25, 0.3) is 20.7 Å². The number of benzene rings is 1. The van der Waals surface area contributed by atoms with Crippen LogP contribution in [-0.2, 0) is 11.3 Å². The topological polar surface area (TPSA) is 87.8 Å². The Labute approximate surface area is 184 Å². The van der Waals surface area contributed by atoms with Gasteiger partial charge >= 0.3 is 0 Å². The summed E-state index contributed by atoms with van der Waals surface area (Å²) in [5, 5.41) is 16.9. The van der Waals surface area contributed by atoms with Crippen LogP contribution in [0.5, 0.6) is 0 Å². The second-order valence-electron chi connectivity index (χ2n) is 6.28. The molecule has 1 N–H and O–H groups in total. The van der Waals surface area contributed by atoms with Crippen molar-refractivity contribution in [2.75, 3.05) is 11.1 Å². The van der Waals surface area contributed by atoms with Crippen LogP contribution in [-0.4, -0.2) is 21.2 Å². The number of thioether (sulfide) groups is 1. The van der Waals surface area contributed by atoms with Gasteiger partial charge in [-0.2, -0.15) is 5.26 Å². The Morgan fingerprint density at radius 2 is 2.17 bits per heavy atom. The van der Waals surface area contributed by atoms with Gasteiger partial charge in [0.2, 0.25) is 5.91 Å². The Bertz CT molecular complexity index is 1320. The van der Waals surface area contributed by atoms with Gasteiger partial charge in [-0.3, -0.25) is 14.2 Å². The first-order chi connectivity index (χ1) is 14.6. The van der Waals surface area contributed by atoms with E-state index in [1.54, 1.807) is 40.2 Å². The first-order valence-electron chi connectivity index (χ1n) is 9.09. The highest BCUT2D eigenvalue weighted by atomic mass is 32.2. The number of nitriles is 1. The van der Waals surface area contributed by atoms with Crippen molar-refractivity contribution < 1.29 is 4.79 Å². The van der Waals surface area contributed by atoms with Gasteiger partial charge in [-0.25, -0.2) is 4.98 Å². The van der Waals surface area contributed by atoms with Gasteiger partial charge in [0.05, 0.1) is 22.8 Å². The molecule has 0 radical (unpaired) electrons. The monoisotopic (exact) mass is 452 g/mol. The van der Waals surface area contributed by atoms with E-state index in [0.29, 0.717) is 33.2 Å². The summed E-state index contributed by atoms with van der Waals surface area (Å²) >= 11 is 4.26. The van der Waals surface area contributed by atoms with Crippen LogP contribution >= 0.6 is 34.4 Å². The molecule has 0 spiro atoms. The summed E-state index contributed by atoms with van der Waals surface area (Å²) in [6.45, 7) is 2.36. The molecule has 0 aliphatic carbocycles. The van der Waals surface area contributed by atoms with Crippen molar-refractivity contribution in [3.05, 3.63) is 63.1 Å². The van der Waals surface area contributed by atoms with Crippen molar-refractivity contribution in [1.29, 1.82) is 5.26 Å². The van der Waals surface area contributed by atoms with Crippen LogP contribution in [0, 0.1) is 11.3 Å². The van der Waals surface area contributed by atoms with E-state index < -0.39 is 0 Å².